The molecule has 1 amide bonds. The first-order chi connectivity index (χ1) is 13.2. The lowest BCUT2D eigenvalue weighted by atomic mass is 9.72. The zero-order chi connectivity index (χ0) is 20.5. The second kappa shape index (κ2) is 7.95. The molecular formula is C22H27NO4S. The summed E-state index contributed by atoms with van der Waals surface area (Å²) in [5.74, 6) is 0.594. The highest BCUT2D eigenvalue weighted by Gasteiger charge is 2.34. The van der Waals surface area contributed by atoms with Gasteiger partial charge < -0.3 is 14.8 Å². The average Bonchev–Trinajstić information content (AvgIpc) is 3.03. The molecule has 3 rings (SSSR count). The molecule has 150 valence electrons. The number of fused-ring (bicyclic) bond motifs is 1. The number of hydrogen-bond donors (Lipinski definition) is 1. The quantitative estimate of drug-likeness (QED) is 0.737. The predicted molar refractivity (Wildman–Crippen MR) is 112 cm³/mol. The Hall–Kier alpha value is -2.34. The van der Waals surface area contributed by atoms with Crippen LogP contribution in [0.4, 0.5) is 5.00 Å². The van der Waals surface area contributed by atoms with Crippen molar-refractivity contribution < 1.29 is 19.1 Å². The highest BCUT2D eigenvalue weighted by atomic mass is 32.1. The third-order valence-corrected chi connectivity index (χ3v) is 6.63. The molecule has 5 nitrogen and oxygen atoms in total. The highest BCUT2D eigenvalue weighted by Crippen LogP contribution is 2.44. The number of rotatable bonds is 4. The normalized spacial score (nSPS) is 16.2. The van der Waals surface area contributed by atoms with Crippen LogP contribution in [0, 0.1) is 11.3 Å². The fourth-order valence-corrected chi connectivity index (χ4v) is 4.96. The van der Waals surface area contributed by atoms with Crippen molar-refractivity contribution in [3.8, 4) is 5.75 Å². The summed E-state index contributed by atoms with van der Waals surface area (Å²) in [5.41, 5.74) is 2.26. The summed E-state index contributed by atoms with van der Waals surface area (Å²) in [7, 11) is 2.96. The Labute approximate surface area is 170 Å². The van der Waals surface area contributed by atoms with Gasteiger partial charge in [0, 0.05) is 10.4 Å². The summed E-state index contributed by atoms with van der Waals surface area (Å²) in [4.78, 5) is 26.4. The van der Waals surface area contributed by atoms with Gasteiger partial charge in [0.1, 0.15) is 10.8 Å². The van der Waals surface area contributed by atoms with Gasteiger partial charge in [0.25, 0.3) is 5.91 Å². The molecule has 1 atom stereocenters. The number of carbonyl (C=O) groups excluding carboxylic acids is 2. The maximum atomic E-state index is 12.7. The summed E-state index contributed by atoms with van der Waals surface area (Å²) in [5, 5.41) is 3.50. The van der Waals surface area contributed by atoms with Gasteiger partial charge in [-0.2, -0.15) is 0 Å². The molecular weight excluding hydrogens is 374 g/mol. The number of ether oxygens (including phenoxy) is 2. The Bertz CT molecular complexity index is 877. The second-order valence-electron chi connectivity index (χ2n) is 8.19. The molecule has 1 aliphatic rings. The molecule has 0 saturated heterocycles. The lowest BCUT2D eigenvalue weighted by molar-refractivity contribution is 0.0600. The number of nitrogens with one attached hydrogen (secondary N) is 1. The number of benzene rings is 1. The third kappa shape index (κ3) is 4.07. The summed E-state index contributed by atoms with van der Waals surface area (Å²) in [6.45, 7) is 6.76. The highest BCUT2D eigenvalue weighted by molar-refractivity contribution is 7.17. The van der Waals surface area contributed by atoms with Crippen LogP contribution in [0.2, 0.25) is 0 Å². The van der Waals surface area contributed by atoms with Gasteiger partial charge in [0.15, 0.2) is 0 Å². The summed E-state index contributed by atoms with van der Waals surface area (Å²) < 4.78 is 10.1. The van der Waals surface area contributed by atoms with Crippen LogP contribution < -0.4 is 10.1 Å². The van der Waals surface area contributed by atoms with Crippen LogP contribution in [0.25, 0.3) is 0 Å². The van der Waals surface area contributed by atoms with E-state index in [4.69, 9.17) is 9.47 Å². The Morgan fingerprint density at radius 1 is 1.14 bits per heavy atom. The molecule has 2 aromatic rings. The smallest absolute Gasteiger partial charge is 0.341 e. The Morgan fingerprint density at radius 2 is 1.82 bits per heavy atom. The third-order valence-electron chi connectivity index (χ3n) is 5.46. The summed E-state index contributed by atoms with van der Waals surface area (Å²) >= 11 is 1.50. The largest absolute Gasteiger partial charge is 0.497 e. The number of thiophene rings is 1. The van der Waals surface area contributed by atoms with E-state index in [1.54, 1.807) is 31.4 Å². The van der Waals surface area contributed by atoms with E-state index in [2.05, 4.69) is 26.1 Å². The number of anilines is 1. The van der Waals surface area contributed by atoms with Crippen LogP contribution in [0.1, 0.15) is 58.3 Å². The Balaban J connectivity index is 1.91. The van der Waals surface area contributed by atoms with E-state index in [1.807, 2.05) is 0 Å². The van der Waals surface area contributed by atoms with Crippen molar-refractivity contribution in [2.45, 2.75) is 40.0 Å². The van der Waals surface area contributed by atoms with E-state index in [9.17, 15) is 9.59 Å². The molecule has 0 unspecified atom stereocenters. The molecule has 0 spiro atoms. The average molecular weight is 402 g/mol. The number of esters is 1. The molecule has 1 aromatic heterocycles. The molecule has 1 N–H and O–H groups in total. The summed E-state index contributed by atoms with van der Waals surface area (Å²) in [6.07, 6.45) is 2.78. The minimum atomic E-state index is -0.392. The standard InChI is InChI=1S/C22H27NO4S/c1-22(2,3)14-8-11-16-17(12-14)28-20(18(16)21(25)27-5)23-19(24)13-6-9-15(26-4)10-7-13/h6-7,9-10,14H,8,11-12H2,1-5H3,(H,23,24)/t14-/m1/s1. The zero-order valence-electron chi connectivity index (χ0n) is 17.0. The molecule has 0 aliphatic heterocycles. The Kier molecular flexibility index (Phi) is 5.79. The number of amides is 1. The fraction of sp³-hybridized carbons (Fsp3) is 0.455. The van der Waals surface area contributed by atoms with Crippen molar-refractivity contribution in [2.75, 3.05) is 19.5 Å². The van der Waals surface area contributed by atoms with Crippen LogP contribution in [0.5, 0.6) is 5.75 Å². The lowest BCUT2D eigenvalue weighted by Crippen LogP contribution is -2.26. The van der Waals surface area contributed by atoms with Crippen molar-refractivity contribution in [1.29, 1.82) is 0 Å². The second-order valence-corrected chi connectivity index (χ2v) is 9.29. The molecule has 6 heteroatoms. The van der Waals surface area contributed by atoms with Gasteiger partial charge in [-0.3, -0.25) is 4.79 Å². The van der Waals surface area contributed by atoms with Gasteiger partial charge in [0.2, 0.25) is 0 Å². The maximum Gasteiger partial charge on any atom is 0.341 e. The first-order valence-corrected chi connectivity index (χ1v) is 10.2. The summed E-state index contributed by atoms with van der Waals surface area (Å²) in [6, 6.07) is 6.89. The van der Waals surface area contributed by atoms with E-state index in [0.29, 0.717) is 27.8 Å². The number of hydrogen-bond acceptors (Lipinski definition) is 5. The number of carbonyl (C=O) groups is 2. The monoisotopic (exact) mass is 401 g/mol. The van der Waals surface area contributed by atoms with Crippen molar-refractivity contribution in [3.63, 3.8) is 0 Å². The van der Waals surface area contributed by atoms with Crippen LogP contribution in [-0.2, 0) is 17.6 Å². The fourth-order valence-electron chi connectivity index (χ4n) is 3.65. The van der Waals surface area contributed by atoms with E-state index < -0.39 is 5.97 Å². The SMILES string of the molecule is COC(=O)c1c(NC(=O)c2ccc(OC)cc2)sc2c1CC[C@@H](C(C)(C)C)C2. The topological polar surface area (TPSA) is 64.6 Å². The van der Waals surface area contributed by atoms with Gasteiger partial charge in [-0.15, -0.1) is 11.3 Å². The molecule has 0 bridgehead atoms. The molecule has 1 aliphatic carbocycles. The van der Waals surface area contributed by atoms with Crippen LogP contribution in [-0.4, -0.2) is 26.1 Å². The van der Waals surface area contributed by atoms with E-state index in [1.165, 1.54) is 23.3 Å². The van der Waals surface area contributed by atoms with Gasteiger partial charge in [-0.1, -0.05) is 20.8 Å². The van der Waals surface area contributed by atoms with Crippen LogP contribution in [0.15, 0.2) is 24.3 Å². The molecule has 1 aromatic carbocycles. The Morgan fingerprint density at radius 3 is 2.39 bits per heavy atom. The molecule has 0 fully saturated rings. The van der Waals surface area contributed by atoms with E-state index in [0.717, 1.165) is 24.8 Å². The first kappa shape index (κ1) is 20.4. The first-order valence-electron chi connectivity index (χ1n) is 9.42. The maximum absolute atomic E-state index is 12.7. The molecule has 0 radical (unpaired) electrons. The van der Waals surface area contributed by atoms with Crippen molar-refractivity contribution in [2.24, 2.45) is 11.3 Å². The minimum Gasteiger partial charge on any atom is -0.497 e. The number of methoxy groups -OCH3 is 2. The van der Waals surface area contributed by atoms with Gasteiger partial charge in [-0.05, 0) is 60.4 Å². The van der Waals surface area contributed by atoms with Crippen molar-refractivity contribution >= 4 is 28.2 Å². The van der Waals surface area contributed by atoms with Crippen molar-refractivity contribution in [1.82, 2.24) is 0 Å². The van der Waals surface area contributed by atoms with Crippen LogP contribution >= 0.6 is 11.3 Å². The van der Waals surface area contributed by atoms with E-state index >= 15 is 0 Å². The molecule has 0 saturated carbocycles. The lowest BCUT2D eigenvalue weighted by Gasteiger charge is -2.33. The van der Waals surface area contributed by atoms with Gasteiger partial charge >= 0.3 is 5.97 Å². The molecule has 28 heavy (non-hydrogen) atoms. The predicted octanol–water partition coefficient (Wildman–Crippen LogP) is 4.95. The van der Waals surface area contributed by atoms with Crippen LogP contribution in [0.3, 0.4) is 0 Å². The van der Waals surface area contributed by atoms with E-state index in [-0.39, 0.29) is 11.3 Å². The zero-order valence-corrected chi connectivity index (χ0v) is 17.9. The molecule has 1 heterocycles. The van der Waals surface area contributed by atoms with Crippen molar-refractivity contribution in [3.05, 3.63) is 45.8 Å². The minimum absolute atomic E-state index is 0.208. The van der Waals surface area contributed by atoms with Gasteiger partial charge in [0.05, 0.1) is 19.8 Å². The van der Waals surface area contributed by atoms with Gasteiger partial charge in [-0.25, -0.2) is 4.79 Å².